The van der Waals surface area contributed by atoms with Crippen LogP contribution >= 0.6 is 0 Å². The quantitative estimate of drug-likeness (QED) is 0.508. The zero-order valence-corrected chi connectivity index (χ0v) is 6.38. The van der Waals surface area contributed by atoms with Gasteiger partial charge in [-0.25, -0.2) is 0 Å². The molecule has 2 nitrogen and oxygen atoms in total. The lowest BCUT2D eigenvalue weighted by Crippen LogP contribution is -2.38. The van der Waals surface area contributed by atoms with Crippen LogP contribution in [0.3, 0.4) is 0 Å². The van der Waals surface area contributed by atoms with E-state index >= 15 is 0 Å². The maximum absolute atomic E-state index is 5.69. The minimum Gasteiger partial charge on any atom is -0.373 e. The summed E-state index contributed by atoms with van der Waals surface area (Å²) in [4.78, 5) is 0. The monoisotopic (exact) mass is 142 g/mol. The molecule has 3 unspecified atom stereocenters. The first-order chi connectivity index (χ1) is 4.86. The summed E-state index contributed by atoms with van der Waals surface area (Å²) in [7, 11) is 0. The molecule has 0 amide bonds. The molecular weight excluding hydrogens is 128 g/mol. The van der Waals surface area contributed by atoms with Crippen LogP contribution in [0.2, 0.25) is 0 Å². The maximum atomic E-state index is 5.69. The highest BCUT2D eigenvalue weighted by Gasteiger charge is 2.33. The fourth-order valence-electron chi connectivity index (χ4n) is 1.84. The van der Waals surface area contributed by atoms with E-state index < -0.39 is 0 Å². The molecule has 1 aliphatic heterocycles. The average molecular weight is 142 g/mol. The van der Waals surface area contributed by atoms with E-state index in [1.165, 1.54) is 19.3 Å². The van der Waals surface area contributed by atoms with Crippen LogP contribution in [0, 0.1) is 0 Å². The van der Waals surface area contributed by atoms with Gasteiger partial charge in [0.2, 0.25) is 0 Å². The Labute approximate surface area is 61.5 Å². The minimum atomic E-state index is 0.319. The zero-order chi connectivity index (χ0) is 6.97. The topological polar surface area (TPSA) is 18.5 Å². The van der Waals surface area contributed by atoms with Crippen LogP contribution in [0.25, 0.3) is 0 Å². The summed E-state index contributed by atoms with van der Waals surface area (Å²) in [5.41, 5.74) is 0. The standard InChI is InChI=1S/C8H14O2/c1-6-5-9-7-3-2-4-8(7)10-6/h6-8H,2-5H2,1H3. The van der Waals surface area contributed by atoms with Crippen molar-refractivity contribution >= 4 is 0 Å². The van der Waals surface area contributed by atoms with E-state index in [2.05, 4.69) is 6.92 Å². The summed E-state index contributed by atoms with van der Waals surface area (Å²) in [6, 6.07) is 0. The molecule has 2 heteroatoms. The molecule has 0 N–H and O–H groups in total. The van der Waals surface area contributed by atoms with Gasteiger partial charge in [-0.15, -0.1) is 0 Å². The molecule has 2 fully saturated rings. The molecular formula is C8H14O2. The highest BCUT2D eigenvalue weighted by atomic mass is 16.6. The normalized spacial score (nSPS) is 47.1. The molecule has 3 atom stereocenters. The summed E-state index contributed by atoms with van der Waals surface area (Å²) >= 11 is 0. The van der Waals surface area contributed by atoms with E-state index in [1.54, 1.807) is 0 Å². The highest BCUT2D eigenvalue weighted by Crippen LogP contribution is 2.29. The second-order valence-corrected chi connectivity index (χ2v) is 3.29. The predicted molar refractivity (Wildman–Crippen MR) is 37.9 cm³/mol. The molecule has 0 bridgehead atoms. The van der Waals surface area contributed by atoms with Crippen molar-refractivity contribution in [3.8, 4) is 0 Å². The Morgan fingerprint density at radius 1 is 1.20 bits per heavy atom. The summed E-state index contributed by atoms with van der Waals surface area (Å²) in [6.07, 6.45) is 4.85. The van der Waals surface area contributed by atoms with E-state index in [-0.39, 0.29) is 0 Å². The lowest BCUT2D eigenvalue weighted by Gasteiger charge is -2.30. The van der Waals surface area contributed by atoms with E-state index in [0.29, 0.717) is 18.3 Å². The van der Waals surface area contributed by atoms with Crippen LogP contribution in [-0.4, -0.2) is 24.9 Å². The molecule has 0 aromatic carbocycles. The van der Waals surface area contributed by atoms with Gasteiger partial charge in [0.1, 0.15) is 0 Å². The van der Waals surface area contributed by atoms with Crippen molar-refractivity contribution in [3.63, 3.8) is 0 Å². The molecule has 58 valence electrons. The second kappa shape index (κ2) is 2.51. The molecule has 10 heavy (non-hydrogen) atoms. The third-order valence-corrected chi connectivity index (χ3v) is 2.34. The van der Waals surface area contributed by atoms with E-state index in [9.17, 15) is 0 Å². The fraction of sp³-hybridized carbons (Fsp3) is 1.00. The third kappa shape index (κ3) is 1.06. The molecule has 2 aliphatic rings. The van der Waals surface area contributed by atoms with Crippen LogP contribution in [0.5, 0.6) is 0 Å². The van der Waals surface area contributed by atoms with Crippen molar-refractivity contribution in [1.82, 2.24) is 0 Å². The van der Waals surface area contributed by atoms with Gasteiger partial charge in [0.15, 0.2) is 0 Å². The van der Waals surface area contributed by atoms with Crippen LogP contribution in [0.1, 0.15) is 26.2 Å². The van der Waals surface area contributed by atoms with Crippen LogP contribution < -0.4 is 0 Å². The Morgan fingerprint density at radius 3 is 2.90 bits per heavy atom. The number of hydrogen-bond donors (Lipinski definition) is 0. The van der Waals surface area contributed by atoms with Crippen molar-refractivity contribution in [2.24, 2.45) is 0 Å². The lowest BCUT2D eigenvalue weighted by molar-refractivity contribution is -0.161. The first-order valence-corrected chi connectivity index (χ1v) is 4.13. The molecule has 1 heterocycles. The number of rotatable bonds is 0. The van der Waals surface area contributed by atoms with Gasteiger partial charge in [0.25, 0.3) is 0 Å². The smallest absolute Gasteiger partial charge is 0.0841 e. The SMILES string of the molecule is CC1COC2CCCC2O1. The average Bonchev–Trinajstić information content (AvgIpc) is 2.33. The number of hydrogen-bond acceptors (Lipinski definition) is 2. The Hall–Kier alpha value is -0.0800. The van der Waals surface area contributed by atoms with Gasteiger partial charge in [0.05, 0.1) is 24.9 Å². The van der Waals surface area contributed by atoms with Crippen molar-refractivity contribution in [1.29, 1.82) is 0 Å². The first-order valence-electron chi connectivity index (χ1n) is 4.13. The van der Waals surface area contributed by atoms with E-state index in [4.69, 9.17) is 9.47 Å². The van der Waals surface area contributed by atoms with Gasteiger partial charge in [-0.3, -0.25) is 0 Å². The molecule has 0 radical (unpaired) electrons. The predicted octanol–water partition coefficient (Wildman–Crippen LogP) is 1.34. The van der Waals surface area contributed by atoms with Gasteiger partial charge in [-0.1, -0.05) is 0 Å². The number of fused-ring (bicyclic) bond motifs is 1. The van der Waals surface area contributed by atoms with Crippen LogP contribution in [-0.2, 0) is 9.47 Å². The second-order valence-electron chi connectivity index (χ2n) is 3.29. The van der Waals surface area contributed by atoms with Crippen molar-refractivity contribution in [2.75, 3.05) is 6.61 Å². The molecule has 0 aromatic rings. The largest absolute Gasteiger partial charge is 0.373 e. The molecule has 2 rings (SSSR count). The molecule has 0 aromatic heterocycles. The zero-order valence-electron chi connectivity index (χ0n) is 6.38. The lowest BCUT2D eigenvalue weighted by atomic mass is 10.2. The highest BCUT2D eigenvalue weighted by molar-refractivity contribution is 4.82. The summed E-state index contributed by atoms with van der Waals surface area (Å²) in [5.74, 6) is 0. The van der Waals surface area contributed by atoms with Crippen molar-refractivity contribution in [2.45, 2.75) is 44.5 Å². The number of ether oxygens (including phenoxy) is 2. The molecule has 0 spiro atoms. The fourth-order valence-corrected chi connectivity index (χ4v) is 1.84. The molecule has 1 saturated heterocycles. The van der Waals surface area contributed by atoms with Gasteiger partial charge < -0.3 is 9.47 Å². The maximum Gasteiger partial charge on any atom is 0.0841 e. The van der Waals surface area contributed by atoms with Crippen molar-refractivity contribution in [3.05, 3.63) is 0 Å². The Bertz CT molecular complexity index is 124. The first kappa shape index (κ1) is 6.62. The molecule has 1 aliphatic carbocycles. The van der Waals surface area contributed by atoms with Gasteiger partial charge in [-0.2, -0.15) is 0 Å². The molecule has 1 saturated carbocycles. The Kier molecular flexibility index (Phi) is 1.66. The van der Waals surface area contributed by atoms with Crippen LogP contribution in [0.15, 0.2) is 0 Å². The van der Waals surface area contributed by atoms with E-state index in [1.807, 2.05) is 0 Å². The van der Waals surface area contributed by atoms with E-state index in [0.717, 1.165) is 6.61 Å². The summed E-state index contributed by atoms with van der Waals surface area (Å²) in [5, 5.41) is 0. The Balaban J connectivity index is 1.96. The van der Waals surface area contributed by atoms with Crippen molar-refractivity contribution < 1.29 is 9.47 Å². The Morgan fingerprint density at radius 2 is 2.00 bits per heavy atom. The third-order valence-electron chi connectivity index (χ3n) is 2.34. The summed E-state index contributed by atoms with van der Waals surface area (Å²) in [6.45, 7) is 2.87. The summed E-state index contributed by atoms with van der Waals surface area (Å²) < 4.78 is 11.3. The minimum absolute atomic E-state index is 0.319. The van der Waals surface area contributed by atoms with Gasteiger partial charge in [0, 0.05) is 0 Å². The van der Waals surface area contributed by atoms with Gasteiger partial charge >= 0.3 is 0 Å². The van der Waals surface area contributed by atoms with Gasteiger partial charge in [-0.05, 0) is 26.2 Å². The van der Waals surface area contributed by atoms with Crippen LogP contribution in [0.4, 0.5) is 0 Å².